The Morgan fingerprint density at radius 2 is 1.83 bits per heavy atom. The fourth-order valence-electron chi connectivity index (χ4n) is 2.19. The molecule has 0 saturated carbocycles. The molecule has 1 N–H and O–H groups in total. The molecule has 1 atom stereocenters. The van der Waals surface area contributed by atoms with Gasteiger partial charge in [-0.3, -0.25) is 5.43 Å². The van der Waals surface area contributed by atoms with Gasteiger partial charge in [-0.2, -0.15) is 5.10 Å². The SMILES string of the molecule is CSc1ccc(C2NN=Cc3ccccc32)cc1. The zero-order valence-electron chi connectivity index (χ0n) is 10.1. The maximum Gasteiger partial charge on any atom is 0.0946 e. The summed E-state index contributed by atoms with van der Waals surface area (Å²) in [5, 5.41) is 4.24. The number of hydrogen-bond acceptors (Lipinski definition) is 3. The van der Waals surface area contributed by atoms with Gasteiger partial charge in [0.25, 0.3) is 0 Å². The van der Waals surface area contributed by atoms with E-state index in [4.69, 9.17) is 0 Å². The Morgan fingerprint density at radius 3 is 2.61 bits per heavy atom. The summed E-state index contributed by atoms with van der Waals surface area (Å²) in [4.78, 5) is 1.28. The van der Waals surface area contributed by atoms with Gasteiger partial charge in [-0.1, -0.05) is 36.4 Å². The highest BCUT2D eigenvalue weighted by Gasteiger charge is 2.18. The van der Waals surface area contributed by atoms with E-state index in [0.29, 0.717) is 0 Å². The van der Waals surface area contributed by atoms with E-state index < -0.39 is 0 Å². The number of hydrogen-bond donors (Lipinski definition) is 1. The lowest BCUT2D eigenvalue weighted by Crippen LogP contribution is -2.22. The summed E-state index contributed by atoms with van der Waals surface area (Å²) >= 11 is 1.76. The molecule has 3 rings (SSSR count). The minimum Gasteiger partial charge on any atom is -0.298 e. The zero-order valence-corrected chi connectivity index (χ0v) is 10.9. The van der Waals surface area contributed by atoms with Crippen LogP contribution in [0.1, 0.15) is 22.7 Å². The van der Waals surface area contributed by atoms with Gasteiger partial charge in [0, 0.05) is 10.5 Å². The van der Waals surface area contributed by atoms with Crippen molar-refractivity contribution in [2.24, 2.45) is 5.10 Å². The van der Waals surface area contributed by atoms with Crippen LogP contribution >= 0.6 is 11.8 Å². The number of hydrazone groups is 1. The maximum atomic E-state index is 4.24. The van der Waals surface area contributed by atoms with Gasteiger partial charge in [0.05, 0.1) is 12.3 Å². The molecule has 90 valence electrons. The average Bonchev–Trinajstić information content (AvgIpc) is 2.47. The summed E-state index contributed by atoms with van der Waals surface area (Å²) in [6.07, 6.45) is 3.97. The van der Waals surface area contributed by atoms with Crippen molar-refractivity contribution in [2.45, 2.75) is 10.9 Å². The topological polar surface area (TPSA) is 24.4 Å². The van der Waals surface area contributed by atoms with Crippen LogP contribution in [-0.4, -0.2) is 12.5 Å². The van der Waals surface area contributed by atoms with Gasteiger partial charge in [-0.15, -0.1) is 11.8 Å². The molecule has 2 nitrogen and oxygen atoms in total. The predicted molar refractivity (Wildman–Crippen MR) is 77.2 cm³/mol. The molecule has 0 radical (unpaired) electrons. The third kappa shape index (κ3) is 2.02. The second-order valence-corrected chi connectivity index (χ2v) is 5.10. The summed E-state index contributed by atoms with van der Waals surface area (Å²) in [6, 6.07) is 17.2. The van der Waals surface area contributed by atoms with Crippen molar-refractivity contribution in [1.82, 2.24) is 5.43 Å². The molecule has 0 bridgehead atoms. The molecule has 0 spiro atoms. The lowest BCUT2D eigenvalue weighted by Gasteiger charge is -2.23. The first kappa shape index (κ1) is 11.4. The van der Waals surface area contributed by atoms with E-state index in [1.807, 2.05) is 12.3 Å². The standard InChI is InChI=1S/C15H14N2S/c1-18-13-8-6-11(7-9-13)15-14-5-3-2-4-12(14)10-16-17-15/h2-10,15,17H,1H3. The average molecular weight is 254 g/mol. The van der Waals surface area contributed by atoms with E-state index in [2.05, 4.69) is 59.2 Å². The van der Waals surface area contributed by atoms with Crippen LogP contribution in [0, 0.1) is 0 Å². The second-order valence-electron chi connectivity index (χ2n) is 4.22. The normalized spacial score (nSPS) is 17.1. The maximum absolute atomic E-state index is 4.24. The third-order valence-electron chi connectivity index (χ3n) is 3.16. The van der Waals surface area contributed by atoms with E-state index in [1.54, 1.807) is 11.8 Å². The highest BCUT2D eigenvalue weighted by molar-refractivity contribution is 7.98. The van der Waals surface area contributed by atoms with Crippen molar-refractivity contribution < 1.29 is 0 Å². The number of rotatable bonds is 2. The Bertz CT molecular complexity index is 575. The molecule has 18 heavy (non-hydrogen) atoms. The molecule has 1 unspecified atom stereocenters. The van der Waals surface area contributed by atoms with Gasteiger partial charge < -0.3 is 0 Å². The van der Waals surface area contributed by atoms with Crippen molar-refractivity contribution in [2.75, 3.05) is 6.26 Å². The largest absolute Gasteiger partial charge is 0.298 e. The lowest BCUT2D eigenvalue weighted by molar-refractivity contribution is 0.631. The smallest absolute Gasteiger partial charge is 0.0946 e. The van der Waals surface area contributed by atoms with Crippen molar-refractivity contribution >= 4 is 18.0 Å². The zero-order chi connectivity index (χ0) is 12.4. The van der Waals surface area contributed by atoms with Gasteiger partial charge in [-0.05, 0) is 29.5 Å². The van der Waals surface area contributed by atoms with Gasteiger partial charge in [-0.25, -0.2) is 0 Å². The number of benzene rings is 2. The summed E-state index contributed by atoms with van der Waals surface area (Å²) in [5.41, 5.74) is 6.91. The number of thioether (sulfide) groups is 1. The van der Waals surface area contributed by atoms with E-state index in [-0.39, 0.29) is 6.04 Å². The van der Waals surface area contributed by atoms with Crippen LogP contribution in [0.3, 0.4) is 0 Å². The molecule has 0 saturated heterocycles. The van der Waals surface area contributed by atoms with Crippen LogP contribution in [0.4, 0.5) is 0 Å². The van der Waals surface area contributed by atoms with Crippen LogP contribution in [-0.2, 0) is 0 Å². The van der Waals surface area contributed by atoms with Crippen molar-refractivity contribution in [3.8, 4) is 0 Å². The summed E-state index contributed by atoms with van der Waals surface area (Å²) in [6.45, 7) is 0. The highest BCUT2D eigenvalue weighted by Crippen LogP contribution is 2.28. The fraction of sp³-hybridized carbons (Fsp3) is 0.133. The minimum absolute atomic E-state index is 0.155. The summed E-state index contributed by atoms with van der Waals surface area (Å²) in [5.74, 6) is 0. The van der Waals surface area contributed by atoms with Crippen LogP contribution in [0.25, 0.3) is 0 Å². The second kappa shape index (κ2) is 4.86. The molecule has 1 heterocycles. The van der Waals surface area contributed by atoms with Gasteiger partial charge in [0.15, 0.2) is 0 Å². The third-order valence-corrected chi connectivity index (χ3v) is 3.91. The predicted octanol–water partition coefficient (Wildman–Crippen LogP) is 3.44. The first-order valence-electron chi connectivity index (χ1n) is 5.90. The molecule has 0 fully saturated rings. The van der Waals surface area contributed by atoms with E-state index in [0.717, 1.165) is 0 Å². The fourth-order valence-corrected chi connectivity index (χ4v) is 2.60. The molecular formula is C15H14N2S. The Labute approximate surface area is 111 Å². The Morgan fingerprint density at radius 1 is 1.06 bits per heavy atom. The van der Waals surface area contributed by atoms with Crippen LogP contribution in [0.2, 0.25) is 0 Å². The lowest BCUT2D eigenvalue weighted by atomic mass is 9.94. The summed E-state index contributed by atoms with van der Waals surface area (Å²) < 4.78 is 0. The number of nitrogens with one attached hydrogen (secondary N) is 1. The molecule has 2 aromatic carbocycles. The molecule has 1 aliphatic rings. The molecule has 3 heteroatoms. The monoisotopic (exact) mass is 254 g/mol. The van der Waals surface area contributed by atoms with E-state index in [1.165, 1.54) is 21.6 Å². The van der Waals surface area contributed by atoms with Gasteiger partial charge in [0.2, 0.25) is 0 Å². The molecule has 1 aliphatic heterocycles. The van der Waals surface area contributed by atoms with Crippen molar-refractivity contribution in [3.05, 3.63) is 65.2 Å². The molecule has 0 aromatic heterocycles. The quantitative estimate of drug-likeness (QED) is 0.830. The van der Waals surface area contributed by atoms with Crippen LogP contribution < -0.4 is 5.43 Å². The van der Waals surface area contributed by atoms with Gasteiger partial charge in [0.1, 0.15) is 0 Å². The summed E-state index contributed by atoms with van der Waals surface area (Å²) in [7, 11) is 0. The van der Waals surface area contributed by atoms with Crippen LogP contribution in [0.5, 0.6) is 0 Å². The highest BCUT2D eigenvalue weighted by atomic mass is 32.2. The number of fused-ring (bicyclic) bond motifs is 1. The molecular weight excluding hydrogens is 240 g/mol. The minimum atomic E-state index is 0.155. The first-order valence-corrected chi connectivity index (χ1v) is 7.12. The Hall–Kier alpha value is -1.74. The van der Waals surface area contributed by atoms with Crippen molar-refractivity contribution in [3.63, 3.8) is 0 Å². The molecule has 0 amide bonds. The van der Waals surface area contributed by atoms with Gasteiger partial charge >= 0.3 is 0 Å². The Balaban J connectivity index is 1.99. The van der Waals surface area contributed by atoms with Crippen molar-refractivity contribution in [1.29, 1.82) is 0 Å². The van der Waals surface area contributed by atoms with E-state index >= 15 is 0 Å². The molecule has 0 aliphatic carbocycles. The first-order chi connectivity index (χ1) is 8.88. The van der Waals surface area contributed by atoms with E-state index in [9.17, 15) is 0 Å². The number of nitrogens with zero attached hydrogens (tertiary/aromatic N) is 1. The Kier molecular flexibility index (Phi) is 3.07. The van der Waals surface area contributed by atoms with Crippen LogP contribution in [0.15, 0.2) is 58.5 Å². The molecule has 2 aromatic rings.